The third-order valence-corrected chi connectivity index (χ3v) is 6.46. The van der Waals surface area contributed by atoms with Crippen molar-refractivity contribution in [1.29, 1.82) is 0 Å². The molecule has 0 saturated carbocycles. The van der Waals surface area contributed by atoms with Gasteiger partial charge in [-0.2, -0.15) is 0 Å². The lowest BCUT2D eigenvalue weighted by Gasteiger charge is -2.32. The topological polar surface area (TPSA) is 73.2 Å². The quantitative estimate of drug-likeness (QED) is 0.277. The largest absolute Gasteiger partial charge is 0.508 e. The number of aromatic hydroxyl groups is 3. The molecule has 0 aliphatic heterocycles. The van der Waals surface area contributed by atoms with Crippen LogP contribution >= 0.6 is 0 Å². The Hall–Kier alpha value is -4.12. The number of benzene rings is 4. The Bertz CT molecular complexity index is 1370. The predicted octanol–water partition coefficient (Wildman–Crippen LogP) is 7.92. The van der Waals surface area contributed by atoms with E-state index in [-0.39, 0.29) is 17.2 Å². The minimum absolute atomic E-state index is 0.175. The summed E-state index contributed by atoms with van der Waals surface area (Å²) in [7, 11) is 0. The maximum absolute atomic E-state index is 10.6. The fourth-order valence-corrected chi connectivity index (χ4v) is 4.45. The van der Waals surface area contributed by atoms with Gasteiger partial charge in [-0.3, -0.25) is 0 Å². The Morgan fingerprint density at radius 2 is 1.11 bits per heavy atom. The Labute approximate surface area is 206 Å². The van der Waals surface area contributed by atoms with Crippen molar-refractivity contribution in [2.45, 2.75) is 41.5 Å². The van der Waals surface area contributed by atoms with Crippen molar-refractivity contribution in [2.75, 3.05) is 4.90 Å². The van der Waals surface area contributed by atoms with Crippen molar-refractivity contribution < 1.29 is 20.1 Å². The van der Waals surface area contributed by atoms with E-state index >= 15 is 0 Å². The highest BCUT2D eigenvalue weighted by Gasteiger charge is 2.25. The van der Waals surface area contributed by atoms with Crippen molar-refractivity contribution in [3.05, 3.63) is 94.0 Å². The number of hydrogen-bond donors (Lipinski definition) is 3. The van der Waals surface area contributed by atoms with Crippen molar-refractivity contribution in [3.8, 4) is 28.7 Å². The summed E-state index contributed by atoms with van der Waals surface area (Å²) in [4.78, 5) is 2.04. The fourth-order valence-electron chi connectivity index (χ4n) is 4.45. The molecule has 5 nitrogen and oxygen atoms in total. The number of anilines is 3. The monoisotopic (exact) mass is 469 g/mol. The minimum atomic E-state index is 0.175. The molecule has 4 aromatic rings. The molecule has 4 rings (SSSR count). The summed E-state index contributed by atoms with van der Waals surface area (Å²) in [6, 6.07) is 18.4. The second-order valence-electron chi connectivity index (χ2n) is 9.06. The lowest BCUT2D eigenvalue weighted by molar-refractivity contribution is 0.447. The summed E-state index contributed by atoms with van der Waals surface area (Å²) in [6.45, 7) is 11.5. The van der Waals surface area contributed by atoms with Gasteiger partial charge in [0.2, 0.25) is 0 Å². The first-order valence-corrected chi connectivity index (χ1v) is 11.6. The van der Waals surface area contributed by atoms with E-state index in [4.69, 9.17) is 4.74 Å². The molecule has 5 heteroatoms. The molecule has 0 bridgehead atoms. The van der Waals surface area contributed by atoms with Crippen LogP contribution in [0.3, 0.4) is 0 Å². The highest BCUT2D eigenvalue weighted by atomic mass is 16.5. The Morgan fingerprint density at radius 3 is 1.69 bits per heavy atom. The van der Waals surface area contributed by atoms with Crippen LogP contribution in [0.25, 0.3) is 0 Å². The molecule has 0 aromatic heterocycles. The molecular formula is C30H31NO4. The molecule has 0 fully saturated rings. The van der Waals surface area contributed by atoms with Gasteiger partial charge in [-0.15, -0.1) is 0 Å². The van der Waals surface area contributed by atoms with Gasteiger partial charge in [0.15, 0.2) is 5.75 Å². The third kappa shape index (κ3) is 4.37. The normalized spacial score (nSPS) is 10.9. The van der Waals surface area contributed by atoms with Crippen LogP contribution in [0.5, 0.6) is 28.7 Å². The molecule has 0 aliphatic carbocycles. The molecule has 3 N–H and O–H groups in total. The summed E-state index contributed by atoms with van der Waals surface area (Å²) in [5.74, 6) is 1.68. The summed E-state index contributed by atoms with van der Waals surface area (Å²) >= 11 is 0. The zero-order chi connectivity index (χ0) is 25.4. The van der Waals surface area contributed by atoms with E-state index < -0.39 is 0 Å². The summed E-state index contributed by atoms with van der Waals surface area (Å²) in [5.41, 5.74) is 7.23. The van der Waals surface area contributed by atoms with Crippen LogP contribution in [0.1, 0.15) is 33.4 Å². The lowest BCUT2D eigenvalue weighted by Crippen LogP contribution is -2.16. The molecule has 0 spiro atoms. The van der Waals surface area contributed by atoms with Gasteiger partial charge in [0.1, 0.15) is 23.0 Å². The maximum Gasteiger partial charge on any atom is 0.151 e. The van der Waals surface area contributed by atoms with E-state index in [1.165, 1.54) is 0 Å². The van der Waals surface area contributed by atoms with Crippen molar-refractivity contribution in [2.24, 2.45) is 0 Å². The molecule has 180 valence electrons. The van der Waals surface area contributed by atoms with Gasteiger partial charge in [0, 0.05) is 16.7 Å². The number of aryl methyl sites for hydroxylation is 3. The highest BCUT2D eigenvalue weighted by molar-refractivity contribution is 5.87. The molecule has 0 aliphatic rings. The first-order valence-electron chi connectivity index (χ1n) is 11.6. The first kappa shape index (κ1) is 24.0. The van der Waals surface area contributed by atoms with E-state index in [1.54, 1.807) is 18.2 Å². The van der Waals surface area contributed by atoms with E-state index in [1.807, 2.05) is 88.9 Å². The number of ether oxygens (including phenoxy) is 1. The zero-order valence-corrected chi connectivity index (χ0v) is 21.0. The van der Waals surface area contributed by atoms with Crippen LogP contribution in [0, 0.1) is 41.5 Å². The van der Waals surface area contributed by atoms with Gasteiger partial charge in [0.05, 0.1) is 17.1 Å². The van der Waals surface area contributed by atoms with Crippen LogP contribution in [-0.4, -0.2) is 15.3 Å². The van der Waals surface area contributed by atoms with Crippen LogP contribution in [0.4, 0.5) is 17.1 Å². The first-order chi connectivity index (χ1) is 16.6. The smallest absolute Gasteiger partial charge is 0.151 e. The molecule has 35 heavy (non-hydrogen) atoms. The molecule has 0 saturated heterocycles. The number of phenolic OH excluding ortho intramolecular Hbond substituents is 3. The van der Waals surface area contributed by atoms with E-state index in [0.717, 1.165) is 33.8 Å². The Kier molecular flexibility index (Phi) is 6.35. The van der Waals surface area contributed by atoms with Crippen molar-refractivity contribution in [3.63, 3.8) is 0 Å². The van der Waals surface area contributed by atoms with Crippen LogP contribution < -0.4 is 9.64 Å². The van der Waals surface area contributed by atoms with Crippen LogP contribution in [0.15, 0.2) is 60.7 Å². The summed E-state index contributed by atoms with van der Waals surface area (Å²) in [6.07, 6.45) is 0. The van der Waals surface area contributed by atoms with E-state index in [9.17, 15) is 15.3 Å². The average molecular weight is 470 g/mol. The molecule has 0 unspecified atom stereocenters. The van der Waals surface area contributed by atoms with E-state index in [2.05, 4.69) is 0 Å². The number of nitrogens with zero attached hydrogens (tertiary/aromatic N) is 1. The molecule has 0 amide bonds. The second-order valence-corrected chi connectivity index (χ2v) is 9.06. The maximum atomic E-state index is 10.6. The molecule has 0 heterocycles. The molecule has 0 radical (unpaired) electrons. The summed E-state index contributed by atoms with van der Waals surface area (Å²) < 4.78 is 6.42. The van der Waals surface area contributed by atoms with Gasteiger partial charge in [-0.05, 0) is 94.6 Å². The van der Waals surface area contributed by atoms with Gasteiger partial charge in [0.25, 0.3) is 0 Å². The SMILES string of the molecule is Cc1cc(O)c(C)c(Oc2ccccc2N(c2c(C)ccc(O)c2C)c2c(C)ccc(O)c2C)c1. The number of para-hydroxylation sites is 2. The van der Waals surface area contributed by atoms with Gasteiger partial charge in [-0.1, -0.05) is 24.3 Å². The molecular weight excluding hydrogens is 438 g/mol. The fraction of sp³-hybridized carbons (Fsp3) is 0.200. The second kappa shape index (κ2) is 9.26. The lowest BCUT2D eigenvalue weighted by atomic mass is 10.0. The van der Waals surface area contributed by atoms with E-state index in [0.29, 0.717) is 28.2 Å². The third-order valence-electron chi connectivity index (χ3n) is 6.46. The molecule has 4 aromatic carbocycles. The van der Waals surface area contributed by atoms with Crippen molar-refractivity contribution >= 4 is 17.1 Å². The average Bonchev–Trinajstić information content (AvgIpc) is 2.82. The number of hydrogen-bond acceptors (Lipinski definition) is 5. The Balaban J connectivity index is 2.02. The van der Waals surface area contributed by atoms with Gasteiger partial charge in [-0.25, -0.2) is 0 Å². The van der Waals surface area contributed by atoms with Gasteiger partial charge < -0.3 is 25.0 Å². The molecule has 0 atom stereocenters. The number of phenols is 3. The number of rotatable bonds is 5. The minimum Gasteiger partial charge on any atom is -0.508 e. The predicted molar refractivity (Wildman–Crippen MR) is 141 cm³/mol. The van der Waals surface area contributed by atoms with Crippen LogP contribution in [-0.2, 0) is 0 Å². The Morgan fingerprint density at radius 1 is 0.571 bits per heavy atom. The van der Waals surface area contributed by atoms with Crippen LogP contribution in [0.2, 0.25) is 0 Å². The van der Waals surface area contributed by atoms with Gasteiger partial charge >= 0.3 is 0 Å². The standard InChI is InChI=1S/C30H31NO4/c1-17-15-26(34)20(4)28(16-17)35-27-10-8-7-9-23(27)31(29-18(2)11-13-24(32)21(29)5)30-19(3)12-14-25(33)22(30)6/h7-16,32-34H,1-6H3. The zero-order valence-electron chi connectivity index (χ0n) is 21.0. The highest BCUT2D eigenvalue weighted by Crippen LogP contribution is 2.49. The van der Waals surface area contributed by atoms with Crippen molar-refractivity contribution in [1.82, 2.24) is 0 Å². The summed E-state index contributed by atoms with van der Waals surface area (Å²) in [5, 5.41) is 31.6.